The maximum atomic E-state index is 12.9. The van der Waals surface area contributed by atoms with Crippen LogP contribution in [0.1, 0.15) is 32.4 Å². The number of aryl methyl sites for hydroxylation is 1. The normalized spacial score (nSPS) is 12.0. The van der Waals surface area contributed by atoms with Crippen molar-refractivity contribution >= 4 is 26.7 Å². The largest absolute Gasteiger partial charge is 0.329 e. The number of hydrogen-bond acceptors (Lipinski definition) is 3. The fourth-order valence-electron chi connectivity index (χ4n) is 2.72. The zero-order chi connectivity index (χ0) is 17.3. The van der Waals surface area contributed by atoms with Crippen LogP contribution in [0.4, 0.5) is 5.69 Å². The van der Waals surface area contributed by atoms with Gasteiger partial charge < -0.3 is 4.57 Å². The zero-order valence-corrected chi connectivity index (χ0v) is 14.8. The highest BCUT2D eigenvalue weighted by atomic mass is 32.2. The molecule has 0 radical (unpaired) electrons. The van der Waals surface area contributed by atoms with Gasteiger partial charge in [-0.15, -0.1) is 0 Å². The van der Waals surface area contributed by atoms with Gasteiger partial charge in [-0.1, -0.05) is 19.1 Å². The third kappa shape index (κ3) is 3.01. The molecule has 1 N–H and O–H groups in total. The number of aromatic nitrogens is 2. The number of benzene rings is 1. The Morgan fingerprint density at radius 2 is 2.00 bits per heavy atom. The average Bonchev–Trinajstić information content (AvgIpc) is 2.95. The van der Waals surface area contributed by atoms with Crippen LogP contribution in [-0.2, 0) is 16.4 Å². The van der Waals surface area contributed by atoms with Crippen LogP contribution < -0.4 is 4.72 Å². The summed E-state index contributed by atoms with van der Waals surface area (Å²) in [4.78, 5) is 4.59. The van der Waals surface area contributed by atoms with Crippen molar-refractivity contribution in [2.24, 2.45) is 0 Å². The second-order valence-corrected chi connectivity index (χ2v) is 7.68. The molecule has 24 heavy (non-hydrogen) atoms. The SMILES string of the molecule is CCc1cccc(NS(=O)(=O)c2cn(C(C)C)c3ncccc23)c1. The summed E-state index contributed by atoms with van der Waals surface area (Å²) in [6, 6.07) is 11.1. The molecule has 2 heterocycles. The van der Waals surface area contributed by atoms with Crippen LogP contribution in [0.15, 0.2) is 53.7 Å². The molecule has 0 saturated heterocycles. The number of nitrogens with one attached hydrogen (secondary N) is 1. The Labute approximate surface area is 142 Å². The molecule has 0 saturated carbocycles. The number of nitrogens with zero attached hydrogens (tertiary/aromatic N) is 2. The van der Waals surface area contributed by atoms with E-state index in [0.29, 0.717) is 16.7 Å². The first-order chi connectivity index (χ1) is 11.4. The minimum absolute atomic E-state index is 0.120. The van der Waals surface area contributed by atoms with E-state index in [0.717, 1.165) is 12.0 Å². The van der Waals surface area contributed by atoms with Gasteiger partial charge in [0.2, 0.25) is 0 Å². The molecule has 0 fully saturated rings. The van der Waals surface area contributed by atoms with Crippen LogP contribution in [0, 0.1) is 0 Å². The van der Waals surface area contributed by atoms with Crippen LogP contribution in [-0.4, -0.2) is 18.0 Å². The molecule has 6 heteroatoms. The first kappa shape index (κ1) is 16.5. The monoisotopic (exact) mass is 343 g/mol. The molecule has 0 aliphatic rings. The standard InChI is InChI=1S/C18H21N3O2S/c1-4-14-7-5-8-15(11-14)20-24(22,23)17-12-21(13(2)3)18-16(17)9-6-10-19-18/h5-13,20H,4H2,1-3H3. The first-order valence-corrected chi connectivity index (χ1v) is 9.48. The smallest absolute Gasteiger partial charge is 0.264 e. The quantitative estimate of drug-likeness (QED) is 0.762. The van der Waals surface area contributed by atoms with Gasteiger partial charge in [-0.25, -0.2) is 13.4 Å². The Balaban J connectivity index is 2.08. The van der Waals surface area contributed by atoms with Crippen molar-refractivity contribution in [3.05, 3.63) is 54.4 Å². The molecule has 0 aliphatic heterocycles. The molecular weight excluding hydrogens is 322 g/mol. The molecular formula is C18H21N3O2S. The van der Waals surface area contributed by atoms with Crippen LogP contribution in [0.3, 0.4) is 0 Å². The Kier molecular flexibility index (Phi) is 4.32. The first-order valence-electron chi connectivity index (χ1n) is 7.99. The third-order valence-electron chi connectivity index (χ3n) is 3.99. The molecule has 1 aromatic carbocycles. The summed E-state index contributed by atoms with van der Waals surface area (Å²) >= 11 is 0. The van der Waals surface area contributed by atoms with Crippen molar-refractivity contribution in [1.82, 2.24) is 9.55 Å². The van der Waals surface area contributed by atoms with Crippen LogP contribution in [0.5, 0.6) is 0 Å². The van der Waals surface area contributed by atoms with Crippen molar-refractivity contribution in [3.63, 3.8) is 0 Å². The van der Waals surface area contributed by atoms with E-state index in [9.17, 15) is 8.42 Å². The summed E-state index contributed by atoms with van der Waals surface area (Å²) in [6.07, 6.45) is 4.19. The van der Waals surface area contributed by atoms with Gasteiger partial charge in [0, 0.05) is 29.5 Å². The van der Waals surface area contributed by atoms with Gasteiger partial charge in [0.05, 0.1) is 0 Å². The van der Waals surface area contributed by atoms with Gasteiger partial charge in [0.15, 0.2) is 0 Å². The van der Waals surface area contributed by atoms with Gasteiger partial charge >= 0.3 is 0 Å². The second-order valence-electron chi connectivity index (χ2n) is 6.03. The molecule has 3 aromatic rings. The summed E-state index contributed by atoms with van der Waals surface area (Å²) in [5.41, 5.74) is 2.33. The van der Waals surface area contributed by atoms with E-state index in [-0.39, 0.29) is 10.9 Å². The van der Waals surface area contributed by atoms with Crippen molar-refractivity contribution in [3.8, 4) is 0 Å². The maximum Gasteiger partial charge on any atom is 0.264 e. The molecule has 0 amide bonds. The molecule has 0 spiro atoms. The maximum absolute atomic E-state index is 12.9. The lowest BCUT2D eigenvalue weighted by atomic mass is 10.1. The highest BCUT2D eigenvalue weighted by Gasteiger charge is 2.22. The molecule has 2 aromatic heterocycles. The third-order valence-corrected chi connectivity index (χ3v) is 5.40. The molecule has 0 unspecified atom stereocenters. The molecule has 0 bridgehead atoms. The molecule has 0 aliphatic carbocycles. The summed E-state index contributed by atoms with van der Waals surface area (Å²) < 4.78 is 30.4. The van der Waals surface area contributed by atoms with Crippen LogP contribution >= 0.6 is 0 Å². The van der Waals surface area contributed by atoms with E-state index >= 15 is 0 Å². The number of sulfonamides is 1. The minimum atomic E-state index is -3.69. The molecule has 126 valence electrons. The van der Waals surface area contributed by atoms with Gasteiger partial charge in [-0.3, -0.25) is 4.72 Å². The Morgan fingerprint density at radius 3 is 2.71 bits per heavy atom. The summed E-state index contributed by atoms with van der Waals surface area (Å²) in [7, 11) is -3.69. The Hall–Kier alpha value is -2.34. The van der Waals surface area contributed by atoms with Crippen molar-refractivity contribution in [2.45, 2.75) is 38.1 Å². The van der Waals surface area contributed by atoms with Gasteiger partial charge in [-0.2, -0.15) is 0 Å². The number of anilines is 1. The topological polar surface area (TPSA) is 64.0 Å². The van der Waals surface area contributed by atoms with Crippen LogP contribution in [0.2, 0.25) is 0 Å². The van der Waals surface area contributed by atoms with Gasteiger partial charge in [0.1, 0.15) is 10.5 Å². The summed E-state index contributed by atoms with van der Waals surface area (Å²) in [5, 5.41) is 0.630. The second kappa shape index (κ2) is 6.28. The highest BCUT2D eigenvalue weighted by molar-refractivity contribution is 7.93. The van der Waals surface area contributed by atoms with E-state index in [4.69, 9.17) is 0 Å². The van der Waals surface area contributed by atoms with Gasteiger partial charge in [0.25, 0.3) is 10.0 Å². The highest BCUT2D eigenvalue weighted by Crippen LogP contribution is 2.28. The lowest BCUT2D eigenvalue weighted by Crippen LogP contribution is -2.13. The number of pyridine rings is 1. The van der Waals surface area contributed by atoms with E-state index in [2.05, 4.69) is 9.71 Å². The van der Waals surface area contributed by atoms with Crippen molar-refractivity contribution in [1.29, 1.82) is 0 Å². The van der Waals surface area contributed by atoms with Gasteiger partial charge in [-0.05, 0) is 50.1 Å². The summed E-state index contributed by atoms with van der Waals surface area (Å²) in [5.74, 6) is 0. The molecule has 3 rings (SSSR count). The fourth-order valence-corrected chi connectivity index (χ4v) is 3.97. The minimum Gasteiger partial charge on any atom is -0.329 e. The lowest BCUT2D eigenvalue weighted by molar-refractivity contribution is 0.596. The number of hydrogen-bond donors (Lipinski definition) is 1. The molecule has 5 nitrogen and oxygen atoms in total. The number of fused-ring (bicyclic) bond motifs is 1. The van der Waals surface area contributed by atoms with Crippen molar-refractivity contribution in [2.75, 3.05) is 4.72 Å². The molecule has 0 atom stereocenters. The van der Waals surface area contributed by atoms with Crippen LogP contribution in [0.25, 0.3) is 11.0 Å². The van der Waals surface area contributed by atoms with E-state index in [1.54, 1.807) is 30.6 Å². The Bertz CT molecular complexity index is 975. The summed E-state index contributed by atoms with van der Waals surface area (Å²) in [6.45, 7) is 6.04. The van der Waals surface area contributed by atoms with Crippen molar-refractivity contribution < 1.29 is 8.42 Å². The van der Waals surface area contributed by atoms with E-state index in [1.807, 2.05) is 43.5 Å². The fraction of sp³-hybridized carbons (Fsp3) is 0.278. The zero-order valence-electron chi connectivity index (χ0n) is 14.0. The average molecular weight is 343 g/mol. The predicted octanol–water partition coefficient (Wildman–Crippen LogP) is 3.98. The Morgan fingerprint density at radius 1 is 1.21 bits per heavy atom. The number of rotatable bonds is 5. The van der Waals surface area contributed by atoms with E-state index in [1.165, 1.54) is 0 Å². The van der Waals surface area contributed by atoms with E-state index < -0.39 is 10.0 Å². The lowest BCUT2D eigenvalue weighted by Gasteiger charge is -2.09. The predicted molar refractivity (Wildman–Crippen MR) is 96.7 cm³/mol.